The first-order valence-electron chi connectivity index (χ1n) is 8.86. The normalized spacial score (nSPS) is 17.5. The van der Waals surface area contributed by atoms with Crippen LogP contribution in [0.25, 0.3) is 0 Å². The monoisotopic (exact) mass is 374 g/mol. The minimum atomic E-state index is -0.457. The van der Waals surface area contributed by atoms with Crippen LogP contribution >= 0.6 is 0 Å². The lowest BCUT2D eigenvalue weighted by Gasteiger charge is -2.35. The third-order valence-electron chi connectivity index (χ3n) is 4.59. The Morgan fingerprint density at radius 1 is 1.33 bits per heavy atom. The molecule has 1 aliphatic rings. The maximum atomic E-state index is 12.9. The van der Waals surface area contributed by atoms with E-state index in [0.29, 0.717) is 11.4 Å². The summed E-state index contributed by atoms with van der Waals surface area (Å²) in [6, 6.07) is 2.58. The van der Waals surface area contributed by atoms with Crippen LogP contribution in [0.15, 0.2) is 24.5 Å². The highest BCUT2D eigenvalue weighted by molar-refractivity contribution is 5.95. The molecule has 0 saturated carbocycles. The summed E-state index contributed by atoms with van der Waals surface area (Å²) in [5.74, 6) is -0.508. The van der Waals surface area contributed by atoms with Crippen LogP contribution in [0.2, 0.25) is 0 Å². The number of anilines is 1. The molecular formula is C18H23FN6O2. The number of hydrogen-bond donors (Lipinski definition) is 2. The van der Waals surface area contributed by atoms with E-state index in [2.05, 4.69) is 20.5 Å². The Bertz CT molecular complexity index is 804. The molecule has 27 heavy (non-hydrogen) atoms. The number of aromatic nitrogens is 3. The largest absolute Gasteiger partial charge is 0.345 e. The number of pyridine rings is 1. The zero-order chi connectivity index (χ0) is 19.4. The van der Waals surface area contributed by atoms with E-state index in [1.54, 1.807) is 14.1 Å². The fourth-order valence-corrected chi connectivity index (χ4v) is 3.29. The summed E-state index contributed by atoms with van der Waals surface area (Å²) < 4.78 is 12.9. The number of halogens is 1. The van der Waals surface area contributed by atoms with Crippen LogP contribution < -0.4 is 5.32 Å². The van der Waals surface area contributed by atoms with Crippen molar-refractivity contribution in [1.29, 1.82) is 0 Å². The van der Waals surface area contributed by atoms with Crippen molar-refractivity contribution in [3.63, 3.8) is 0 Å². The molecule has 0 spiro atoms. The van der Waals surface area contributed by atoms with Gasteiger partial charge in [-0.1, -0.05) is 6.42 Å². The number of aromatic amines is 1. The molecule has 0 aliphatic carbocycles. The zero-order valence-corrected chi connectivity index (χ0v) is 15.4. The summed E-state index contributed by atoms with van der Waals surface area (Å²) in [7, 11) is 3.39. The van der Waals surface area contributed by atoms with Crippen LogP contribution in [0.1, 0.15) is 41.4 Å². The molecule has 9 heteroatoms. The number of nitrogens with one attached hydrogen (secondary N) is 2. The smallest absolute Gasteiger partial charge is 0.256 e. The molecule has 3 heterocycles. The van der Waals surface area contributed by atoms with Gasteiger partial charge in [-0.05, 0) is 31.5 Å². The number of piperidine rings is 1. The van der Waals surface area contributed by atoms with Crippen LogP contribution in [-0.2, 0) is 4.79 Å². The molecule has 1 aliphatic heterocycles. The Balaban J connectivity index is 1.72. The molecule has 1 saturated heterocycles. The molecule has 0 radical (unpaired) electrons. The molecule has 1 fully saturated rings. The van der Waals surface area contributed by atoms with Crippen molar-refractivity contribution in [2.24, 2.45) is 0 Å². The molecule has 1 atom stereocenters. The van der Waals surface area contributed by atoms with Crippen molar-refractivity contribution >= 4 is 17.6 Å². The van der Waals surface area contributed by atoms with E-state index in [1.165, 1.54) is 23.2 Å². The van der Waals surface area contributed by atoms with Crippen molar-refractivity contribution in [2.75, 3.05) is 32.5 Å². The van der Waals surface area contributed by atoms with Gasteiger partial charge >= 0.3 is 0 Å². The van der Waals surface area contributed by atoms with Crippen LogP contribution in [0.5, 0.6) is 0 Å². The molecule has 8 nitrogen and oxygen atoms in total. The summed E-state index contributed by atoms with van der Waals surface area (Å²) in [5, 5.41) is 9.67. The third kappa shape index (κ3) is 4.48. The SMILES string of the molecule is CN(C)C(=O)c1cn[nH]c1C1CCCCN1CC(=O)Nc1ccc(F)cn1. The molecule has 144 valence electrons. The van der Waals surface area contributed by atoms with Crippen molar-refractivity contribution in [3.8, 4) is 0 Å². The van der Waals surface area contributed by atoms with E-state index >= 15 is 0 Å². The van der Waals surface area contributed by atoms with Crippen LogP contribution in [0.4, 0.5) is 10.2 Å². The van der Waals surface area contributed by atoms with Crippen molar-refractivity contribution in [3.05, 3.63) is 41.6 Å². The molecule has 3 rings (SSSR count). The first kappa shape index (κ1) is 19.0. The minimum absolute atomic E-state index is 0.0907. The van der Waals surface area contributed by atoms with E-state index in [-0.39, 0.29) is 24.4 Å². The molecule has 2 amide bonds. The standard InChI is InChI=1S/C18H23FN6O2/c1-24(2)18(27)13-10-21-23-17(13)14-5-3-4-8-25(14)11-16(26)22-15-7-6-12(19)9-20-15/h6-7,9-10,14H,3-5,8,11H2,1-2H3,(H,21,23)(H,20,22,26). The molecule has 1 unspecified atom stereocenters. The highest BCUT2D eigenvalue weighted by Crippen LogP contribution is 2.31. The summed E-state index contributed by atoms with van der Waals surface area (Å²) in [6.07, 6.45) is 5.41. The predicted octanol–water partition coefficient (Wildman–Crippen LogP) is 1.81. The van der Waals surface area contributed by atoms with Gasteiger partial charge in [-0.15, -0.1) is 0 Å². The van der Waals surface area contributed by atoms with E-state index < -0.39 is 5.82 Å². The van der Waals surface area contributed by atoms with Gasteiger partial charge in [0.2, 0.25) is 5.91 Å². The van der Waals surface area contributed by atoms with Gasteiger partial charge < -0.3 is 10.2 Å². The second-order valence-electron chi connectivity index (χ2n) is 6.79. The minimum Gasteiger partial charge on any atom is -0.345 e. The molecule has 2 aromatic rings. The van der Waals surface area contributed by atoms with Gasteiger partial charge in [-0.3, -0.25) is 19.6 Å². The highest BCUT2D eigenvalue weighted by atomic mass is 19.1. The summed E-state index contributed by atoms with van der Waals surface area (Å²) >= 11 is 0. The maximum absolute atomic E-state index is 12.9. The lowest BCUT2D eigenvalue weighted by atomic mass is 9.96. The number of amides is 2. The summed E-state index contributed by atoms with van der Waals surface area (Å²) in [6.45, 7) is 0.891. The zero-order valence-electron chi connectivity index (χ0n) is 15.4. The number of nitrogens with zero attached hydrogens (tertiary/aromatic N) is 4. The Morgan fingerprint density at radius 3 is 2.85 bits per heavy atom. The molecule has 0 bridgehead atoms. The molecule has 2 N–H and O–H groups in total. The van der Waals surface area contributed by atoms with Crippen LogP contribution in [-0.4, -0.2) is 64.0 Å². The van der Waals surface area contributed by atoms with E-state index in [1.807, 2.05) is 4.90 Å². The molecule has 2 aromatic heterocycles. The van der Waals surface area contributed by atoms with E-state index in [0.717, 1.165) is 37.7 Å². The van der Waals surface area contributed by atoms with Gasteiger partial charge in [0.25, 0.3) is 5.91 Å². The Labute approximate surface area is 156 Å². The maximum Gasteiger partial charge on any atom is 0.256 e. The first-order chi connectivity index (χ1) is 13.0. The lowest BCUT2D eigenvalue weighted by molar-refractivity contribution is -0.118. The summed E-state index contributed by atoms with van der Waals surface area (Å²) in [4.78, 5) is 32.2. The van der Waals surface area contributed by atoms with Gasteiger partial charge in [-0.2, -0.15) is 5.10 Å². The average molecular weight is 374 g/mol. The number of H-pyrrole nitrogens is 1. The topological polar surface area (TPSA) is 94.2 Å². The molecular weight excluding hydrogens is 351 g/mol. The fraction of sp³-hybridized carbons (Fsp3) is 0.444. The van der Waals surface area contributed by atoms with Gasteiger partial charge in [0.15, 0.2) is 0 Å². The fourth-order valence-electron chi connectivity index (χ4n) is 3.29. The molecule has 0 aromatic carbocycles. The van der Waals surface area contributed by atoms with Crippen molar-refractivity contribution in [2.45, 2.75) is 25.3 Å². The number of rotatable bonds is 5. The van der Waals surface area contributed by atoms with Crippen molar-refractivity contribution in [1.82, 2.24) is 25.0 Å². The second-order valence-corrected chi connectivity index (χ2v) is 6.79. The van der Waals surface area contributed by atoms with Crippen molar-refractivity contribution < 1.29 is 14.0 Å². The van der Waals surface area contributed by atoms with Gasteiger partial charge in [0, 0.05) is 14.1 Å². The van der Waals surface area contributed by atoms with Gasteiger partial charge in [0.1, 0.15) is 11.6 Å². The first-order valence-corrected chi connectivity index (χ1v) is 8.86. The van der Waals surface area contributed by atoms with E-state index in [9.17, 15) is 14.0 Å². The van der Waals surface area contributed by atoms with Crippen LogP contribution in [0, 0.1) is 5.82 Å². The van der Waals surface area contributed by atoms with E-state index in [4.69, 9.17) is 0 Å². The Kier molecular flexibility index (Phi) is 5.80. The van der Waals surface area contributed by atoms with Gasteiger partial charge in [-0.25, -0.2) is 9.37 Å². The second kappa shape index (κ2) is 8.26. The number of likely N-dealkylation sites (tertiary alicyclic amines) is 1. The average Bonchev–Trinajstić information content (AvgIpc) is 3.12. The number of carbonyl (C=O) groups excluding carboxylic acids is 2. The third-order valence-corrected chi connectivity index (χ3v) is 4.59. The number of carbonyl (C=O) groups is 2. The Hall–Kier alpha value is -2.81. The predicted molar refractivity (Wildman–Crippen MR) is 97.6 cm³/mol. The van der Waals surface area contributed by atoms with Crippen LogP contribution in [0.3, 0.4) is 0 Å². The lowest BCUT2D eigenvalue weighted by Crippen LogP contribution is -2.40. The summed E-state index contributed by atoms with van der Waals surface area (Å²) in [5.41, 5.74) is 1.26. The number of hydrogen-bond acceptors (Lipinski definition) is 5. The Morgan fingerprint density at radius 2 is 2.15 bits per heavy atom. The highest BCUT2D eigenvalue weighted by Gasteiger charge is 2.30. The quantitative estimate of drug-likeness (QED) is 0.832. The van der Waals surface area contributed by atoms with Gasteiger partial charge in [0.05, 0.1) is 36.2 Å².